The number of quaternary nitrogens is 1. The molecule has 0 aliphatic carbocycles. The van der Waals surface area contributed by atoms with Crippen LogP contribution in [-0.2, 0) is 18.4 Å². The molecule has 0 saturated heterocycles. The molecule has 0 radical (unpaired) electrons. The molecular weight excluding hydrogens is 383 g/mol. The Kier molecular flexibility index (Phi) is 14.2. The summed E-state index contributed by atoms with van der Waals surface area (Å²) in [6.45, 7) is 4.21. The van der Waals surface area contributed by atoms with Crippen molar-refractivity contribution in [2.75, 3.05) is 40.9 Å². The van der Waals surface area contributed by atoms with Gasteiger partial charge in [0.05, 0.1) is 39.9 Å². The minimum absolute atomic E-state index is 0.0730. The van der Waals surface area contributed by atoms with Crippen molar-refractivity contribution in [3.05, 3.63) is 0 Å². The van der Waals surface area contributed by atoms with Crippen molar-refractivity contribution >= 4 is 13.7 Å². The van der Waals surface area contributed by atoms with Crippen molar-refractivity contribution in [1.29, 1.82) is 0 Å². The van der Waals surface area contributed by atoms with E-state index in [0.29, 0.717) is 17.4 Å². The zero-order valence-electron chi connectivity index (χ0n) is 18.4. The molecule has 0 rings (SSSR count). The largest absolute Gasteiger partial charge is 0.472 e. The fourth-order valence-corrected chi connectivity index (χ4v) is 3.27. The average Bonchev–Trinajstić information content (AvgIpc) is 2.59. The lowest BCUT2D eigenvalue weighted by atomic mass is 10.0. The van der Waals surface area contributed by atoms with Gasteiger partial charge in [-0.1, -0.05) is 52.4 Å². The van der Waals surface area contributed by atoms with E-state index in [1.165, 1.54) is 19.3 Å². The number of carbonyl (C=O) groups excluding carboxylic acids is 1. The van der Waals surface area contributed by atoms with E-state index < -0.39 is 20.0 Å². The number of amides is 1. The summed E-state index contributed by atoms with van der Waals surface area (Å²) in [5.41, 5.74) is 0. The van der Waals surface area contributed by atoms with Crippen LogP contribution in [0.15, 0.2) is 0 Å². The summed E-state index contributed by atoms with van der Waals surface area (Å²) < 4.78 is 22.7. The van der Waals surface area contributed by atoms with Gasteiger partial charge in [-0.05, 0) is 6.42 Å². The second kappa shape index (κ2) is 14.5. The lowest BCUT2D eigenvalue weighted by Crippen LogP contribution is -2.46. The highest BCUT2D eigenvalue weighted by Gasteiger charge is 2.28. The van der Waals surface area contributed by atoms with E-state index in [9.17, 15) is 19.4 Å². The maximum Gasteiger partial charge on any atom is 0.472 e. The van der Waals surface area contributed by atoms with Crippen molar-refractivity contribution in [1.82, 2.24) is 5.32 Å². The van der Waals surface area contributed by atoms with Gasteiger partial charge in [0, 0.05) is 6.42 Å². The number of carbonyl (C=O) groups is 1. The van der Waals surface area contributed by atoms with Crippen molar-refractivity contribution < 1.29 is 32.9 Å². The topological polar surface area (TPSA) is 105 Å². The number of hydrogen-bond acceptors (Lipinski definition) is 5. The molecule has 1 amide bonds. The lowest BCUT2D eigenvalue weighted by molar-refractivity contribution is -0.870. The first-order valence-electron chi connectivity index (χ1n) is 10.4. The number of nitrogens with one attached hydrogen (secondary N) is 1. The predicted molar refractivity (Wildman–Crippen MR) is 111 cm³/mol. The number of likely N-dealkylation sites (N-methyl/N-ethyl adjacent to an activating group) is 1. The fraction of sp³-hybridized carbons (Fsp3) is 0.947. The molecule has 0 fully saturated rings. The van der Waals surface area contributed by atoms with Gasteiger partial charge in [-0.2, -0.15) is 0 Å². The molecule has 3 unspecified atom stereocenters. The molecule has 0 saturated carbocycles. The van der Waals surface area contributed by atoms with Gasteiger partial charge in [0.1, 0.15) is 13.2 Å². The molecule has 0 aromatic rings. The number of phosphoric ester groups is 1. The van der Waals surface area contributed by atoms with Crippen LogP contribution in [0, 0.1) is 0 Å². The Balaban J connectivity index is 4.49. The molecule has 0 aromatic carbocycles. The lowest BCUT2D eigenvalue weighted by Gasteiger charge is -2.26. The number of unbranched alkanes of at least 4 members (excludes halogenated alkanes) is 5. The Labute approximate surface area is 170 Å². The Morgan fingerprint density at radius 1 is 1.07 bits per heavy atom. The minimum Gasteiger partial charge on any atom is -0.391 e. The summed E-state index contributed by atoms with van der Waals surface area (Å²) in [7, 11) is 1.60. The molecule has 3 N–H and O–H groups in total. The minimum atomic E-state index is -4.24. The number of nitrogens with zero attached hydrogens (tertiary/aromatic N) is 1. The summed E-state index contributed by atoms with van der Waals surface area (Å²) in [5.74, 6) is -0.241. The molecule has 0 aromatic heterocycles. The molecule has 3 atom stereocenters. The van der Waals surface area contributed by atoms with Crippen molar-refractivity contribution in [3.63, 3.8) is 0 Å². The Hall–Kier alpha value is -0.500. The molecule has 0 bridgehead atoms. The number of aliphatic hydroxyl groups is 1. The van der Waals surface area contributed by atoms with E-state index in [1.807, 2.05) is 21.1 Å². The van der Waals surface area contributed by atoms with Gasteiger partial charge in [-0.25, -0.2) is 4.57 Å². The first-order chi connectivity index (χ1) is 13.0. The van der Waals surface area contributed by atoms with Crippen LogP contribution in [0.5, 0.6) is 0 Å². The van der Waals surface area contributed by atoms with E-state index in [2.05, 4.69) is 12.2 Å². The van der Waals surface area contributed by atoms with Crippen LogP contribution in [0.25, 0.3) is 0 Å². The zero-order chi connectivity index (χ0) is 21.6. The number of phosphoric acid groups is 1. The highest BCUT2D eigenvalue weighted by Crippen LogP contribution is 2.43. The molecule has 0 heterocycles. The third-order valence-electron chi connectivity index (χ3n) is 4.42. The quantitative estimate of drug-likeness (QED) is 0.188. The van der Waals surface area contributed by atoms with Crippen molar-refractivity contribution in [2.45, 2.75) is 77.4 Å². The third-order valence-corrected chi connectivity index (χ3v) is 5.40. The smallest absolute Gasteiger partial charge is 0.391 e. The maximum absolute atomic E-state index is 12.1. The normalized spacial score (nSPS) is 16.4. The van der Waals surface area contributed by atoms with Gasteiger partial charge in [0.25, 0.3) is 0 Å². The first kappa shape index (κ1) is 27.5. The molecule has 28 heavy (non-hydrogen) atoms. The first-order valence-corrected chi connectivity index (χ1v) is 11.9. The average molecular weight is 426 g/mol. The molecule has 0 spiro atoms. The molecule has 0 aliphatic rings. The molecular formula is C19H42N2O6P+. The fourth-order valence-electron chi connectivity index (χ4n) is 2.53. The van der Waals surface area contributed by atoms with Crippen molar-refractivity contribution in [3.8, 4) is 0 Å². The maximum atomic E-state index is 12.1. The van der Waals surface area contributed by atoms with E-state index in [4.69, 9.17) is 9.05 Å². The number of aliphatic hydroxyl groups excluding tert-OH is 1. The Morgan fingerprint density at radius 3 is 2.25 bits per heavy atom. The van der Waals surface area contributed by atoms with Crippen LogP contribution in [0.2, 0.25) is 0 Å². The summed E-state index contributed by atoms with van der Waals surface area (Å²) in [5, 5.41) is 13.1. The van der Waals surface area contributed by atoms with E-state index in [0.717, 1.165) is 19.3 Å². The van der Waals surface area contributed by atoms with Gasteiger partial charge >= 0.3 is 7.82 Å². The van der Waals surface area contributed by atoms with Crippen LogP contribution in [0.3, 0.4) is 0 Å². The monoisotopic (exact) mass is 425 g/mol. The summed E-state index contributed by atoms with van der Waals surface area (Å²) in [6.07, 6.45) is 6.47. The number of rotatable bonds is 17. The van der Waals surface area contributed by atoms with Gasteiger partial charge in [-0.3, -0.25) is 13.8 Å². The van der Waals surface area contributed by atoms with Gasteiger partial charge < -0.3 is 19.8 Å². The van der Waals surface area contributed by atoms with Crippen LogP contribution in [0.4, 0.5) is 0 Å². The predicted octanol–water partition coefficient (Wildman–Crippen LogP) is 2.83. The van der Waals surface area contributed by atoms with Gasteiger partial charge in [-0.15, -0.1) is 0 Å². The standard InChI is InChI=1S/C19H41N2O6P/c1-6-8-9-10-11-12-13-18(22)17(20-19(23)7-2)16-27-28(24,25)26-15-14-21(3,4)5/h17-18,22H,6-16H2,1-5H3,(H-,20,23,24,25)/p+1. The third kappa shape index (κ3) is 15.4. The van der Waals surface area contributed by atoms with Crippen LogP contribution >= 0.6 is 7.82 Å². The molecule has 9 heteroatoms. The summed E-state index contributed by atoms with van der Waals surface area (Å²) in [4.78, 5) is 21.6. The highest BCUT2D eigenvalue weighted by atomic mass is 31.2. The van der Waals surface area contributed by atoms with E-state index in [1.54, 1.807) is 6.92 Å². The molecule has 0 aliphatic heterocycles. The molecule has 168 valence electrons. The number of hydrogen-bond donors (Lipinski definition) is 3. The van der Waals surface area contributed by atoms with Gasteiger partial charge in [0.15, 0.2) is 0 Å². The van der Waals surface area contributed by atoms with Crippen molar-refractivity contribution in [2.24, 2.45) is 0 Å². The highest BCUT2D eigenvalue weighted by molar-refractivity contribution is 7.47. The Morgan fingerprint density at radius 2 is 1.68 bits per heavy atom. The summed E-state index contributed by atoms with van der Waals surface area (Å²) in [6, 6.07) is -0.745. The van der Waals surface area contributed by atoms with Crippen LogP contribution in [0.1, 0.15) is 65.2 Å². The van der Waals surface area contributed by atoms with Gasteiger partial charge in [0.2, 0.25) is 5.91 Å². The van der Waals surface area contributed by atoms with Crippen LogP contribution < -0.4 is 5.32 Å². The Bertz CT molecular complexity index is 470. The molecule has 8 nitrogen and oxygen atoms in total. The van der Waals surface area contributed by atoms with E-state index >= 15 is 0 Å². The van der Waals surface area contributed by atoms with Crippen LogP contribution in [-0.4, -0.2) is 73.4 Å². The zero-order valence-corrected chi connectivity index (χ0v) is 19.2. The van der Waals surface area contributed by atoms with E-state index in [-0.39, 0.29) is 25.5 Å². The summed E-state index contributed by atoms with van der Waals surface area (Å²) >= 11 is 0. The second-order valence-electron chi connectivity index (χ2n) is 8.26. The SMILES string of the molecule is CCCCCCCCC(O)C(COP(=O)(O)OCC[N+](C)(C)C)NC(=O)CC. The second-order valence-corrected chi connectivity index (χ2v) is 9.72.